The molecule has 30 heavy (non-hydrogen) atoms. The van der Waals surface area contributed by atoms with Gasteiger partial charge < -0.3 is 9.15 Å². The van der Waals surface area contributed by atoms with Crippen LogP contribution in [0.25, 0.3) is 10.2 Å². The monoisotopic (exact) mass is 420 g/mol. The van der Waals surface area contributed by atoms with E-state index in [0.29, 0.717) is 18.3 Å². The van der Waals surface area contributed by atoms with Gasteiger partial charge in [-0.2, -0.15) is 0 Å². The van der Waals surface area contributed by atoms with Crippen molar-refractivity contribution in [1.82, 2.24) is 4.98 Å². The maximum absolute atomic E-state index is 13.3. The Morgan fingerprint density at radius 1 is 1.10 bits per heavy atom. The molecule has 4 aromatic rings. The Bertz CT molecular complexity index is 1120. The van der Waals surface area contributed by atoms with Crippen molar-refractivity contribution in [3.63, 3.8) is 0 Å². The molecule has 154 valence electrons. The molecule has 0 atom stereocenters. The third-order valence-corrected chi connectivity index (χ3v) is 5.93. The standard InChI is InChI=1S/C24H24N2O3S/c1-3-18-7-5-9-21-23(18)25-24(30-21)26(16-20-8-6-14-29-20)22(27)15-17-10-12-19(13-11-17)28-4-2/h5-14H,3-4,15-16H2,1-2H3. The molecule has 0 unspecified atom stereocenters. The third-order valence-electron chi connectivity index (χ3n) is 4.89. The quantitative estimate of drug-likeness (QED) is 0.371. The molecule has 1 amide bonds. The minimum Gasteiger partial charge on any atom is -0.494 e. The SMILES string of the molecule is CCOc1ccc(CC(=O)N(Cc2ccco2)c2nc3c(CC)cccc3s2)cc1. The Morgan fingerprint density at radius 2 is 1.93 bits per heavy atom. The van der Waals surface area contributed by atoms with Gasteiger partial charge in [0.25, 0.3) is 0 Å². The smallest absolute Gasteiger partial charge is 0.233 e. The van der Waals surface area contributed by atoms with Gasteiger partial charge in [-0.25, -0.2) is 4.98 Å². The number of amides is 1. The molecule has 0 spiro atoms. The van der Waals surface area contributed by atoms with Crippen LogP contribution in [0.3, 0.4) is 0 Å². The van der Waals surface area contributed by atoms with Crippen LogP contribution in [0.2, 0.25) is 0 Å². The highest BCUT2D eigenvalue weighted by Gasteiger charge is 2.22. The number of benzene rings is 2. The number of carbonyl (C=O) groups is 1. The van der Waals surface area contributed by atoms with Gasteiger partial charge in [-0.3, -0.25) is 9.69 Å². The van der Waals surface area contributed by atoms with Crippen LogP contribution in [-0.4, -0.2) is 17.5 Å². The topological polar surface area (TPSA) is 55.6 Å². The van der Waals surface area contributed by atoms with Crippen molar-refractivity contribution in [2.45, 2.75) is 33.2 Å². The van der Waals surface area contributed by atoms with E-state index in [1.807, 2.05) is 49.4 Å². The molecule has 0 fully saturated rings. The lowest BCUT2D eigenvalue weighted by atomic mass is 10.1. The Kier molecular flexibility index (Phi) is 6.14. The first-order valence-electron chi connectivity index (χ1n) is 10.1. The Hall–Kier alpha value is -3.12. The Morgan fingerprint density at radius 3 is 2.63 bits per heavy atom. The molecule has 0 aliphatic rings. The summed E-state index contributed by atoms with van der Waals surface area (Å²) in [7, 11) is 0. The first-order chi connectivity index (χ1) is 14.7. The Labute approximate surface area is 179 Å². The first-order valence-corrected chi connectivity index (χ1v) is 10.9. The highest BCUT2D eigenvalue weighted by molar-refractivity contribution is 7.22. The van der Waals surface area contributed by atoms with Crippen LogP contribution >= 0.6 is 11.3 Å². The van der Waals surface area contributed by atoms with Crippen molar-refractivity contribution < 1.29 is 13.9 Å². The minimum atomic E-state index is -0.0207. The van der Waals surface area contributed by atoms with Crippen LogP contribution < -0.4 is 9.64 Å². The summed E-state index contributed by atoms with van der Waals surface area (Å²) in [6.45, 7) is 5.04. The number of ether oxygens (including phenoxy) is 1. The van der Waals surface area contributed by atoms with Crippen LogP contribution in [0, 0.1) is 0 Å². The molecular weight excluding hydrogens is 396 g/mol. The second-order valence-electron chi connectivity index (χ2n) is 6.93. The number of anilines is 1. The zero-order valence-electron chi connectivity index (χ0n) is 17.1. The van der Waals surface area contributed by atoms with Gasteiger partial charge in [-0.15, -0.1) is 0 Å². The second kappa shape index (κ2) is 9.13. The van der Waals surface area contributed by atoms with Crippen LogP contribution in [-0.2, 0) is 24.2 Å². The lowest BCUT2D eigenvalue weighted by Crippen LogP contribution is -2.31. The molecule has 0 aliphatic carbocycles. The van der Waals surface area contributed by atoms with Crippen molar-refractivity contribution in [3.05, 3.63) is 77.7 Å². The van der Waals surface area contributed by atoms with Crippen molar-refractivity contribution in [2.75, 3.05) is 11.5 Å². The molecular formula is C24H24N2O3S. The van der Waals surface area contributed by atoms with Gasteiger partial charge in [0.15, 0.2) is 5.13 Å². The molecule has 4 rings (SSSR count). The fraction of sp³-hybridized carbons (Fsp3) is 0.250. The predicted octanol–water partition coefficient (Wildman–Crippen LogP) is 5.63. The molecule has 0 radical (unpaired) electrons. The minimum absolute atomic E-state index is 0.0207. The number of hydrogen-bond donors (Lipinski definition) is 0. The van der Waals surface area contributed by atoms with E-state index < -0.39 is 0 Å². The fourth-order valence-corrected chi connectivity index (χ4v) is 4.39. The van der Waals surface area contributed by atoms with E-state index in [1.165, 1.54) is 16.9 Å². The van der Waals surface area contributed by atoms with Crippen LogP contribution in [0.5, 0.6) is 5.75 Å². The van der Waals surface area contributed by atoms with Gasteiger partial charge in [0, 0.05) is 0 Å². The zero-order valence-corrected chi connectivity index (χ0v) is 17.9. The van der Waals surface area contributed by atoms with Gasteiger partial charge in [-0.05, 0) is 54.8 Å². The largest absolute Gasteiger partial charge is 0.494 e. The number of aromatic nitrogens is 1. The average molecular weight is 421 g/mol. The third kappa shape index (κ3) is 4.39. The molecule has 0 saturated heterocycles. The number of fused-ring (bicyclic) bond motifs is 1. The van der Waals surface area contributed by atoms with Gasteiger partial charge in [0.2, 0.25) is 5.91 Å². The second-order valence-corrected chi connectivity index (χ2v) is 7.94. The van der Waals surface area contributed by atoms with Crippen LogP contribution in [0.15, 0.2) is 65.3 Å². The summed E-state index contributed by atoms with van der Waals surface area (Å²) in [4.78, 5) is 19.9. The number of para-hydroxylation sites is 1. The molecule has 2 aromatic heterocycles. The first kappa shape index (κ1) is 20.2. The van der Waals surface area contributed by atoms with Crippen molar-refractivity contribution >= 4 is 32.6 Å². The Balaban J connectivity index is 1.63. The van der Waals surface area contributed by atoms with E-state index in [0.717, 1.165) is 33.7 Å². The maximum Gasteiger partial charge on any atom is 0.233 e. The summed E-state index contributed by atoms with van der Waals surface area (Å²) < 4.78 is 12.1. The number of rotatable bonds is 8. The van der Waals surface area contributed by atoms with E-state index in [9.17, 15) is 4.79 Å². The van der Waals surface area contributed by atoms with E-state index >= 15 is 0 Å². The lowest BCUT2D eigenvalue weighted by molar-refractivity contribution is -0.118. The molecule has 0 N–H and O–H groups in total. The molecule has 0 bridgehead atoms. The highest BCUT2D eigenvalue weighted by atomic mass is 32.1. The van der Waals surface area contributed by atoms with Crippen molar-refractivity contribution in [2.24, 2.45) is 0 Å². The van der Waals surface area contributed by atoms with Gasteiger partial charge in [-0.1, -0.05) is 42.5 Å². The molecule has 0 saturated carbocycles. The van der Waals surface area contributed by atoms with Crippen LogP contribution in [0.1, 0.15) is 30.7 Å². The van der Waals surface area contributed by atoms with E-state index in [2.05, 4.69) is 19.1 Å². The van der Waals surface area contributed by atoms with Crippen LogP contribution in [0.4, 0.5) is 5.13 Å². The summed E-state index contributed by atoms with van der Waals surface area (Å²) in [5.74, 6) is 1.51. The molecule has 6 heteroatoms. The van der Waals surface area contributed by atoms with E-state index in [1.54, 1.807) is 11.2 Å². The summed E-state index contributed by atoms with van der Waals surface area (Å²) in [6.07, 6.45) is 2.81. The predicted molar refractivity (Wildman–Crippen MR) is 120 cm³/mol. The van der Waals surface area contributed by atoms with E-state index in [4.69, 9.17) is 14.1 Å². The molecule has 2 aromatic carbocycles. The highest BCUT2D eigenvalue weighted by Crippen LogP contribution is 2.32. The fourth-order valence-electron chi connectivity index (χ4n) is 3.36. The summed E-state index contributed by atoms with van der Waals surface area (Å²) in [6, 6.07) is 17.6. The number of nitrogens with zero attached hydrogens (tertiary/aromatic N) is 2. The summed E-state index contributed by atoms with van der Waals surface area (Å²) >= 11 is 1.54. The summed E-state index contributed by atoms with van der Waals surface area (Å²) in [5, 5.41) is 0.693. The molecule has 0 aliphatic heterocycles. The normalized spacial score (nSPS) is 11.0. The molecule has 5 nitrogen and oxygen atoms in total. The zero-order chi connectivity index (χ0) is 20.9. The van der Waals surface area contributed by atoms with Gasteiger partial charge in [0.1, 0.15) is 11.5 Å². The van der Waals surface area contributed by atoms with E-state index in [-0.39, 0.29) is 12.3 Å². The molecule has 2 heterocycles. The van der Waals surface area contributed by atoms with Gasteiger partial charge in [0.05, 0.1) is 36.1 Å². The number of carbonyl (C=O) groups excluding carboxylic acids is 1. The number of thiazole rings is 1. The van der Waals surface area contributed by atoms with Crippen molar-refractivity contribution in [1.29, 1.82) is 0 Å². The summed E-state index contributed by atoms with van der Waals surface area (Å²) in [5.41, 5.74) is 3.09. The van der Waals surface area contributed by atoms with Crippen molar-refractivity contribution in [3.8, 4) is 5.75 Å². The number of aryl methyl sites for hydroxylation is 1. The van der Waals surface area contributed by atoms with Gasteiger partial charge >= 0.3 is 0 Å². The average Bonchev–Trinajstić information content (AvgIpc) is 3.42. The maximum atomic E-state index is 13.3. The number of furan rings is 1. The lowest BCUT2D eigenvalue weighted by Gasteiger charge is -2.19. The number of hydrogen-bond acceptors (Lipinski definition) is 5.